The molecule has 0 spiro atoms. The summed E-state index contributed by atoms with van der Waals surface area (Å²) in [5.41, 5.74) is 9.59. The highest BCUT2D eigenvalue weighted by Gasteiger charge is 2.39. The first-order valence-electron chi connectivity index (χ1n) is 5.63. The van der Waals surface area contributed by atoms with Crippen molar-refractivity contribution in [2.45, 2.75) is 26.2 Å². The van der Waals surface area contributed by atoms with E-state index in [9.17, 15) is 4.79 Å². The zero-order valence-electron chi connectivity index (χ0n) is 10.7. The van der Waals surface area contributed by atoms with Crippen molar-refractivity contribution in [2.75, 3.05) is 24.3 Å². The maximum Gasteiger partial charge on any atom is 0.414 e. The van der Waals surface area contributed by atoms with E-state index < -0.39 is 0 Å². The molecule has 4 nitrogen and oxygen atoms in total. The average Bonchev–Trinajstić information content (AvgIpc) is 2.50. The van der Waals surface area contributed by atoms with Crippen LogP contribution in [0.3, 0.4) is 0 Å². The van der Waals surface area contributed by atoms with Gasteiger partial charge in [-0.15, -0.1) is 0 Å². The van der Waals surface area contributed by atoms with Crippen LogP contribution in [0.25, 0.3) is 0 Å². The molecule has 0 unspecified atom stereocenters. The van der Waals surface area contributed by atoms with Crippen LogP contribution in [0.1, 0.15) is 25.0 Å². The third kappa shape index (κ3) is 1.73. The number of hydrogen-bond donors (Lipinski definition) is 1. The van der Waals surface area contributed by atoms with E-state index in [0.717, 1.165) is 16.8 Å². The molecule has 1 aliphatic rings. The van der Waals surface area contributed by atoms with E-state index in [1.807, 2.05) is 13.0 Å². The molecule has 0 saturated carbocycles. The van der Waals surface area contributed by atoms with E-state index in [0.29, 0.717) is 12.2 Å². The molecule has 0 aromatic heterocycles. The lowest BCUT2D eigenvalue weighted by atomic mass is 9.86. The van der Waals surface area contributed by atoms with Crippen LogP contribution in [0.2, 0.25) is 0 Å². The molecule has 0 aliphatic carbocycles. The number of anilines is 2. The fraction of sp³-hybridized carbons (Fsp3) is 0.462. The highest BCUT2D eigenvalue weighted by molar-refractivity contribution is 5.96. The number of ether oxygens (including phenoxy) is 1. The van der Waals surface area contributed by atoms with Crippen molar-refractivity contribution >= 4 is 17.5 Å². The molecule has 4 heteroatoms. The Hall–Kier alpha value is -1.71. The third-order valence-corrected chi connectivity index (χ3v) is 3.23. The number of hydrogen-bond acceptors (Lipinski definition) is 3. The minimum atomic E-state index is -0.354. The molecule has 1 aromatic rings. The zero-order valence-corrected chi connectivity index (χ0v) is 10.7. The van der Waals surface area contributed by atoms with Crippen LogP contribution >= 0.6 is 0 Å². The normalized spacial score (nSPS) is 16.8. The zero-order chi connectivity index (χ0) is 12.8. The predicted octanol–water partition coefficient (Wildman–Crippen LogP) is 2.44. The van der Waals surface area contributed by atoms with Crippen molar-refractivity contribution in [3.05, 3.63) is 23.3 Å². The number of carbonyl (C=O) groups is 1. The topological polar surface area (TPSA) is 55.6 Å². The molecule has 1 aromatic carbocycles. The number of nitrogens with zero attached hydrogens (tertiary/aromatic N) is 1. The van der Waals surface area contributed by atoms with Crippen molar-refractivity contribution in [3.63, 3.8) is 0 Å². The highest BCUT2D eigenvalue weighted by Crippen LogP contribution is 2.44. The van der Waals surface area contributed by atoms with E-state index in [4.69, 9.17) is 10.5 Å². The summed E-state index contributed by atoms with van der Waals surface area (Å²) in [7, 11) is 1.39. The molecule has 0 fully saturated rings. The van der Waals surface area contributed by atoms with Gasteiger partial charge in [-0.05, 0) is 24.1 Å². The Balaban J connectivity index is 2.61. The summed E-state index contributed by atoms with van der Waals surface area (Å²) < 4.78 is 4.80. The van der Waals surface area contributed by atoms with Gasteiger partial charge in [-0.25, -0.2) is 4.79 Å². The van der Waals surface area contributed by atoms with Crippen molar-refractivity contribution in [1.82, 2.24) is 0 Å². The first-order chi connectivity index (χ1) is 7.86. The first-order valence-corrected chi connectivity index (χ1v) is 5.63. The Labute approximate surface area is 101 Å². The number of nitrogen functional groups attached to an aromatic ring is 1. The van der Waals surface area contributed by atoms with E-state index in [1.165, 1.54) is 7.11 Å². The number of benzene rings is 1. The summed E-state index contributed by atoms with van der Waals surface area (Å²) in [6.45, 7) is 6.82. The van der Waals surface area contributed by atoms with Crippen LogP contribution in [0, 0.1) is 6.92 Å². The lowest BCUT2D eigenvalue weighted by Crippen LogP contribution is -2.33. The summed E-state index contributed by atoms with van der Waals surface area (Å²) >= 11 is 0. The Morgan fingerprint density at radius 2 is 2.12 bits per heavy atom. The van der Waals surface area contributed by atoms with Gasteiger partial charge in [0.25, 0.3) is 0 Å². The Morgan fingerprint density at radius 3 is 2.71 bits per heavy atom. The van der Waals surface area contributed by atoms with Gasteiger partial charge >= 0.3 is 6.09 Å². The smallest absolute Gasteiger partial charge is 0.414 e. The van der Waals surface area contributed by atoms with Crippen molar-refractivity contribution in [2.24, 2.45) is 0 Å². The molecule has 0 atom stereocenters. The quantitative estimate of drug-likeness (QED) is 0.701. The van der Waals surface area contributed by atoms with Crippen LogP contribution in [-0.4, -0.2) is 19.7 Å². The minimum absolute atomic E-state index is 0.0936. The van der Waals surface area contributed by atoms with E-state index in [-0.39, 0.29) is 11.5 Å². The monoisotopic (exact) mass is 234 g/mol. The maximum absolute atomic E-state index is 11.7. The summed E-state index contributed by atoms with van der Waals surface area (Å²) in [4.78, 5) is 13.4. The third-order valence-electron chi connectivity index (χ3n) is 3.23. The van der Waals surface area contributed by atoms with Gasteiger partial charge in [0, 0.05) is 12.0 Å². The van der Waals surface area contributed by atoms with Gasteiger partial charge in [-0.1, -0.05) is 19.9 Å². The van der Waals surface area contributed by atoms with Crippen molar-refractivity contribution in [1.29, 1.82) is 0 Å². The Bertz CT molecular complexity index is 481. The molecule has 0 bridgehead atoms. The number of nitrogens with two attached hydrogens (primary N) is 1. The van der Waals surface area contributed by atoms with Crippen LogP contribution in [0.5, 0.6) is 0 Å². The second-order valence-corrected chi connectivity index (χ2v) is 5.19. The number of fused-ring (bicyclic) bond motifs is 1. The van der Waals surface area contributed by atoms with Crippen LogP contribution < -0.4 is 10.6 Å². The second-order valence-electron chi connectivity index (χ2n) is 5.19. The van der Waals surface area contributed by atoms with Gasteiger partial charge in [-0.3, -0.25) is 4.90 Å². The fourth-order valence-corrected chi connectivity index (χ4v) is 2.45. The van der Waals surface area contributed by atoms with Crippen molar-refractivity contribution < 1.29 is 9.53 Å². The van der Waals surface area contributed by atoms with Crippen LogP contribution in [0.4, 0.5) is 16.2 Å². The van der Waals surface area contributed by atoms with Crippen LogP contribution in [-0.2, 0) is 10.2 Å². The SMILES string of the molecule is COC(=O)N1CC(C)(C)c2cc(C)cc(N)c21. The van der Waals surface area contributed by atoms with Crippen molar-refractivity contribution in [3.8, 4) is 0 Å². The minimum Gasteiger partial charge on any atom is -0.452 e. The van der Waals surface area contributed by atoms with Gasteiger partial charge in [0.2, 0.25) is 0 Å². The molecule has 0 saturated heterocycles. The van der Waals surface area contributed by atoms with Gasteiger partial charge < -0.3 is 10.5 Å². The lowest BCUT2D eigenvalue weighted by molar-refractivity contribution is 0.178. The summed E-state index contributed by atoms with van der Waals surface area (Å²) in [5, 5.41) is 0. The molecule has 1 amide bonds. The largest absolute Gasteiger partial charge is 0.452 e. The molecule has 2 N–H and O–H groups in total. The molecular weight excluding hydrogens is 216 g/mol. The molecule has 0 radical (unpaired) electrons. The standard InChI is InChI=1S/C13H18N2O2/c1-8-5-9-11(10(14)6-8)15(12(16)17-4)7-13(9,2)3/h5-6H,7,14H2,1-4H3. The highest BCUT2D eigenvalue weighted by atomic mass is 16.5. The average molecular weight is 234 g/mol. The van der Waals surface area contributed by atoms with Gasteiger partial charge in [0.1, 0.15) is 0 Å². The summed E-state index contributed by atoms with van der Waals surface area (Å²) in [5.74, 6) is 0. The molecule has 92 valence electrons. The number of aryl methyl sites for hydroxylation is 1. The van der Waals surface area contributed by atoms with E-state index in [1.54, 1.807) is 4.90 Å². The second kappa shape index (κ2) is 3.65. The maximum atomic E-state index is 11.7. The molecule has 2 rings (SSSR count). The van der Waals surface area contributed by atoms with E-state index in [2.05, 4.69) is 19.9 Å². The lowest BCUT2D eigenvalue weighted by Gasteiger charge is -2.19. The number of methoxy groups -OCH3 is 1. The molecule has 1 heterocycles. The molecular formula is C13H18N2O2. The van der Waals surface area contributed by atoms with E-state index >= 15 is 0 Å². The van der Waals surface area contributed by atoms with Gasteiger partial charge in [0.15, 0.2) is 0 Å². The number of amides is 1. The number of rotatable bonds is 0. The van der Waals surface area contributed by atoms with Gasteiger partial charge in [0.05, 0.1) is 18.5 Å². The Kier molecular flexibility index (Phi) is 2.53. The van der Waals surface area contributed by atoms with Gasteiger partial charge in [-0.2, -0.15) is 0 Å². The molecule has 17 heavy (non-hydrogen) atoms. The van der Waals surface area contributed by atoms with Crippen LogP contribution in [0.15, 0.2) is 12.1 Å². The first kappa shape index (κ1) is 11.8. The summed E-state index contributed by atoms with van der Waals surface area (Å²) in [6.07, 6.45) is -0.354. The number of carbonyl (C=O) groups excluding carboxylic acids is 1. The predicted molar refractivity (Wildman–Crippen MR) is 68.4 cm³/mol. The Morgan fingerprint density at radius 1 is 1.47 bits per heavy atom. The summed E-state index contributed by atoms with van der Waals surface area (Å²) in [6, 6.07) is 3.98. The fourth-order valence-electron chi connectivity index (χ4n) is 2.45. The molecule has 1 aliphatic heterocycles.